The van der Waals surface area contributed by atoms with Gasteiger partial charge in [0, 0.05) is 17.6 Å². The summed E-state index contributed by atoms with van der Waals surface area (Å²) in [6.45, 7) is 0. The van der Waals surface area contributed by atoms with E-state index in [-0.39, 0.29) is 17.7 Å². The van der Waals surface area contributed by atoms with E-state index in [1.165, 1.54) is 32.1 Å². The van der Waals surface area contributed by atoms with E-state index in [2.05, 4.69) is 4.98 Å². The highest BCUT2D eigenvalue weighted by Gasteiger charge is 2.34. The first-order valence-electron chi connectivity index (χ1n) is 9.85. The molecule has 1 aromatic heterocycles. The molecule has 2 aliphatic carbocycles. The number of nitrogens with one attached hydrogen (secondary N) is 1. The van der Waals surface area contributed by atoms with Gasteiger partial charge in [0.05, 0.1) is 5.02 Å². The topological polar surface area (TPSA) is 68.1 Å². The van der Waals surface area contributed by atoms with Crippen LogP contribution in [0.2, 0.25) is 5.02 Å². The number of benzene rings is 1. The fourth-order valence-corrected chi connectivity index (χ4v) is 5.11. The van der Waals surface area contributed by atoms with Crippen LogP contribution in [0.1, 0.15) is 51.4 Å². The van der Waals surface area contributed by atoms with Gasteiger partial charge in [-0.2, -0.15) is 0 Å². The molecule has 0 aliphatic heterocycles. The number of rotatable bonds is 3. The van der Waals surface area contributed by atoms with Crippen molar-refractivity contribution in [2.24, 2.45) is 17.6 Å². The van der Waals surface area contributed by atoms with Crippen LogP contribution in [0.3, 0.4) is 0 Å². The predicted octanol–water partition coefficient (Wildman–Crippen LogP) is 4.64. The summed E-state index contributed by atoms with van der Waals surface area (Å²) in [5.41, 5.74) is 6.41. The van der Waals surface area contributed by atoms with Crippen LogP contribution < -0.4 is 16.0 Å². The molecule has 4 rings (SSSR count). The molecule has 0 amide bonds. The predicted molar refractivity (Wildman–Crippen MR) is 106 cm³/mol. The lowest BCUT2D eigenvalue weighted by molar-refractivity contribution is 0.0824. The first-order chi connectivity index (χ1) is 12.6. The Kier molecular flexibility index (Phi) is 5.23. The second-order valence-electron chi connectivity index (χ2n) is 7.96. The molecule has 1 heterocycles. The van der Waals surface area contributed by atoms with Crippen LogP contribution >= 0.6 is 11.6 Å². The molecule has 26 heavy (non-hydrogen) atoms. The van der Waals surface area contributed by atoms with Gasteiger partial charge in [0.15, 0.2) is 0 Å². The smallest absolute Gasteiger partial charge is 0.255 e. The third-order valence-corrected chi connectivity index (χ3v) is 6.58. The number of pyridine rings is 1. The molecule has 3 unspecified atom stereocenters. The monoisotopic (exact) mass is 374 g/mol. The van der Waals surface area contributed by atoms with Gasteiger partial charge in [0.1, 0.15) is 11.9 Å². The number of hydrogen-bond acceptors (Lipinski definition) is 3. The van der Waals surface area contributed by atoms with E-state index in [0.717, 1.165) is 30.6 Å². The van der Waals surface area contributed by atoms with Crippen LogP contribution in [-0.2, 0) is 0 Å². The third-order valence-electron chi connectivity index (χ3n) is 6.28. The highest BCUT2D eigenvalue weighted by Crippen LogP contribution is 2.39. The number of H-pyrrole nitrogens is 1. The first-order valence-corrected chi connectivity index (χ1v) is 10.2. The van der Waals surface area contributed by atoms with Crippen molar-refractivity contribution in [3.05, 3.63) is 39.8 Å². The second kappa shape index (κ2) is 7.61. The van der Waals surface area contributed by atoms with E-state index >= 15 is 0 Å². The maximum absolute atomic E-state index is 11.9. The maximum Gasteiger partial charge on any atom is 0.255 e. The SMILES string of the molecule is NC1CC(Oc2cc3cc[nH]c(=O)c3cc2Cl)CCC1C1CCCCC1. The van der Waals surface area contributed by atoms with Crippen molar-refractivity contribution < 1.29 is 4.74 Å². The summed E-state index contributed by atoms with van der Waals surface area (Å²) in [4.78, 5) is 14.6. The van der Waals surface area contributed by atoms with E-state index in [4.69, 9.17) is 22.1 Å². The number of halogens is 1. The van der Waals surface area contributed by atoms with Gasteiger partial charge in [0.2, 0.25) is 0 Å². The molecule has 1 aromatic carbocycles. The standard InChI is InChI=1S/C21H27ClN2O2/c22-18-12-17-14(8-9-24-21(17)25)10-20(18)26-15-6-7-16(19(23)11-15)13-4-2-1-3-5-13/h8-10,12-13,15-16,19H,1-7,11,23H2,(H,24,25). The van der Waals surface area contributed by atoms with Crippen LogP contribution in [0, 0.1) is 11.8 Å². The number of fused-ring (bicyclic) bond motifs is 1. The molecule has 0 spiro atoms. The van der Waals surface area contributed by atoms with Crippen molar-refractivity contribution >= 4 is 22.4 Å². The van der Waals surface area contributed by atoms with Gasteiger partial charge in [-0.1, -0.05) is 43.7 Å². The van der Waals surface area contributed by atoms with Crippen molar-refractivity contribution in [3.63, 3.8) is 0 Å². The lowest BCUT2D eigenvalue weighted by Gasteiger charge is -2.40. The molecule has 4 nitrogen and oxygen atoms in total. The average Bonchev–Trinajstić information content (AvgIpc) is 2.64. The summed E-state index contributed by atoms with van der Waals surface area (Å²) >= 11 is 6.37. The molecule has 2 saturated carbocycles. The Morgan fingerprint density at radius 3 is 2.69 bits per heavy atom. The summed E-state index contributed by atoms with van der Waals surface area (Å²) in [7, 11) is 0. The number of nitrogens with two attached hydrogens (primary N) is 1. The van der Waals surface area contributed by atoms with Crippen LogP contribution in [0.15, 0.2) is 29.2 Å². The maximum atomic E-state index is 11.9. The summed E-state index contributed by atoms with van der Waals surface area (Å²) < 4.78 is 6.22. The van der Waals surface area contributed by atoms with Crippen molar-refractivity contribution in [2.75, 3.05) is 0 Å². The molecule has 0 radical (unpaired) electrons. The van der Waals surface area contributed by atoms with Crippen molar-refractivity contribution in [3.8, 4) is 5.75 Å². The number of aromatic amines is 1. The molecule has 2 fully saturated rings. The summed E-state index contributed by atoms with van der Waals surface area (Å²) in [6.07, 6.45) is 11.6. The minimum atomic E-state index is -0.133. The molecule has 3 N–H and O–H groups in total. The van der Waals surface area contributed by atoms with Gasteiger partial charge in [-0.25, -0.2) is 0 Å². The van der Waals surface area contributed by atoms with Gasteiger partial charge in [-0.15, -0.1) is 0 Å². The number of ether oxygens (including phenoxy) is 1. The molecule has 0 saturated heterocycles. The number of hydrogen-bond donors (Lipinski definition) is 2. The Hall–Kier alpha value is -1.52. The molecule has 2 aliphatic rings. The summed E-state index contributed by atoms with van der Waals surface area (Å²) in [6, 6.07) is 5.63. The van der Waals surface area contributed by atoms with E-state index < -0.39 is 0 Å². The molecular weight excluding hydrogens is 348 g/mol. The van der Waals surface area contributed by atoms with E-state index in [9.17, 15) is 4.79 Å². The molecule has 5 heteroatoms. The summed E-state index contributed by atoms with van der Waals surface area (Å²) in [5.74, 6) is 2.09. The Bertz CT molecular complexity index is 828. The van der Waals surface area contributed by atoms with Gasteiger partial charge >= 0.3 is 0 Å². The molecule has 140 valence electrons. The van der Waals surface area contributed by atoms with Crippen molar-refractivity contribution in [1.82, 2.24) is 4.98 Å². The average molecular weight is 375 g/mol. The molecular formula is C21H27ClN2O2. The van der Waals surface area contributed by atoms with Gasteiger partial charge < -0.3 is 15.5 Å². The van der Waals surface area contributed by atoms with Crippen LogP contribution in [-0.4, -0.2) is 17.1 Å². The van der Waals surface area contributed by atoms with E-state index in [0.29, 0.717) is 22.1 Å². The Morgan fingerprint density at radius 2 is 1.92 bits per heavy atom. The van der Waals surface area contributed by atoms with Crippen molar-refractivity contribution in [2.45, 2.75) is 63.5 Å². The second-order valence-corrected chi connectivity index (χ2v) is 8.36. The third kappa shape index (κ3) is 3.63. The summed E-state index contributed by atoms with van der Waals surface area (Å²) in [5, 5.41) is 1.91. The van der Waals surface area contributed by atoms with Crippen LogP contribution in [0.4, 0.5) is 0 Å². The lowest BCUT2D eigenvalue weighted by atomic mass is 9.70. The molecule has 2 aromatic rings. The zero-order chi connectivity index (χ0) is 18.1. The minimum absolute atomic E-state index is 0.0989. The Balaban J connectivity index is 1.46. The quantitative estimate of drug-likeness (QED) is 0.822. The number of aromatic nitrogens is 1. The molecule has 3 atom stereocenters. The fraction of sp³-hybridized carbons (Fsp3) is 0.571. The Labute approximate surface area is 159 Å². The first kappa shape index (κ1) is 17.9. The van der Waals surface area contributed by atoms with Crippen LogP contribution in [0.25, 0.3) is 10.8 Å². The lowest BCUT2D eigenvalue weighted by Crippen LogP contribution is -2.44. The van der Waals surface area contributed by atoms with Gasteiger partial charge in [-0.3, -0.25) is 4.79 Å². The van der Waals surface area contributed by atoms with Gasteiger partial charge in [0.25, 0.3) is 5.56 Å². The van der Waals surface area contributed by atoms with E-state index in [1.54, 1.807) is 12.3 Å². The Morgan fingerprint density at radius 1 is 1.12 bits per heavy atom. The zero-order valence-corrected chi connectivity index (χ0v) is 15.8. The highest BCUT2D eigenvalue weighted by atomic mass is 35.5. The van der Waals surface area contributed by atoms with Crippen LogP contribution in [0.5, 0.6) is 5.75 Å². The zero-order valence-electron chi connectivity index (χ0n) is 15.0. The largest absolute Gasteiger partial charge is 0.489 e. The highest BCUT2D eigenvalue weighted by molar-refractivity contribution is 6.32. The van der Waals surface area contributed by atoms with E-state index in [1.807, 2.05) is 12.1 Å². The fourth-order valence-electron chi connectivity index (χ4n) is 4.90. The minimum Gasteiger partial charge on any atom is -0.489 e. The molecule has 0 bridgehead atoms. The van der Waals surface area contributed by atoms with Gasteiger partial charge in [-0.05, 0) is 54.7 Å². The normalized spacial score (nSPS) is 27.5. The van der Waals surface area contributed by atoms with Crippen molar-refractivity contribution in [1.29, 1.82) is 0 Å².